The maximum atomic E-state index is 12.1. The largest absolute Gasteiger partial charge is 0.437 e. The number of pyridine rings is 1. The van der Waals surface area contributed by atoms with Crippen molar-refractivity contribution in [3.8, 4) is 11.6 Å². The molecule has 0 bridgehead atoms. The number of aromatic nitrogens is 1. The average Bonchev–Trinajstić information content (AvgIpc) is 3.11. The summed E-state index contributed by atoms with van der Waals surface area (Å²) in [5.41, 5.74) is 0.572. The highest BCUT2D eigenvalue weighted by molar-refractivity contribution is 7.99. The van der Waals surface area contributed by atoms with Crippen LogP contribution in [0.1, 0.15) is 4.88 Å². The van der Waals surface area contributed by atoms with E-state index in [0.717, 1.165) is 5.75 Å². The zero-order valence-corrected chi connectivity index (χ0v) is 14.5. The van der Waals surface area contributed by atoms with E-state index in [0.29, 0.717) is 23.1 Å². The van der Waals surface area contributed by atoms with Crippen molar-refractivity contribution in [3.05, 3.63) is 71.1 Å². The summed E-state index contributed by atoms with van der Waals surface area (Å²) in [6.07, 6.45) is 1.64. The van der Waals surface area contributed by atoms with E-state index in [1.165, 1.54) is 4.88 Å². The van der Waals surface area contributed by atoms with Crippen LogP contribution in [-0.2, 0) is 10.5 Å². The average molecular weight is 356 g/mol. The Morgan fingerprint density at radius 3 is 2.79 bits per heavy atom. The quantitative estimate of drug-likeness (QED) is 0.660. The van der Waals surface area contributed by atoms with Gasteiger partial charge in [0.25, 0.3) is 0 Å². The fourth-order valence-electron chi connectivity index (χ4n) is 1.99. The van der Waals surface area contributed by atoms with Gasteiger partial charge in [0.05, 0.1) is 5.75 Å². The van der Waals surface area contributed by atoms with Gasteiger partial charge in [-0.2, -0.15) is 0 Å². The molecule has 1 amide bonds. The maximum Gasteiger partial charge on any atom is 0.243 e. The minimum atomic E-state index is -0.0672. The number of anilines is 1. The summed E-state index contributed by atoms with van der Waals surface area (Å²) in [4.78, 5) is 17.6. The Morgan fingerprint density at radius 2 is 2.00 bits per heavy atom. The lowest BCUT2D eigenvalue weighted by Gasteiger charge is -2.10. The first kappa shape index (κ1) is 16.5. The molecule has 122 valence electrons. The molecule has 3 aromatic rings. The molecule has 0 aliphatic carbocycles. The first-order valence-electron chi connectivity index (χ1n) is 7.39. The SMILES string of the molecule is O=C(CSCc1cccs1)Nc1cccnc1Oc1ccccc1. The van der Waals surface area contributed by atoms with E-state index < -0.39 is 0 Å². The second kappa shape index (κ2) is 8.52. The predicted octanol–water partition coefficient (Wildman–Crippen LogP) is 4.81. The van der Waals surface area contributed by atoms with Crippen molar-refractivity contribution < 1.29 is 9.53 Å². The highest BCUT2D eigenvalue weighted by atomic mass is 32.2. The van der Waals surface area contributed by atoms with Gasteiger partial charge in [0.1, 0.15) is 11.4 Å². The summed E-state index contributed by atoms with van der Waals surface area (Å²) in [5, 5.41) is 4.91. The standard InChI is InChI=1S/C18H16N2O2S2/c21-17(13-23-12-15-8-5-11-24-15)20-16-9-4-10-19-18(16)22-14-6-2-1-3-7-14/h1-11H,12-13H2,(H,20,21). The molecule has 0 atom stereocenters. The third-order valence-electron chi connectivity index (χ3n) is 3.06. The van der Waals surface area contributed by atoms with Crippen LogP contribution in [0.2, 0.25) is 0 Å². The summed E-state index contributed by atoms with van der Waals surface area (Å²) < 4.78 is 5.74. The smallest absolute Gasteiger partial charge is 0.243 e. The van der Waals surface area contributed by atoms with E-state index in [1.54, 1.807) is 41.4 Å². The monoisotopic (exact) mass is 356 g/mol. The third kappa shape index (κ3) is 4.84. The van der Waals surface area contributed by atoms with Gasteiger partial charge < -0.3 is 10.1 Å². The van der Waals surface area contributed by atoms with Gasteiger partial charge in [-0.3, -0.25) is 4.79 Å². The summed E-state index contributed by atoms with van der Waals surface area (Å²) in [6.45, 7) is 0. The van der Waals surface area contributed by atoms with Crippen LogP contribution in [0.3, 0.4) is 0 Å². The fraction of sp³-hybridized carbons (Fsp3) is 0.111. The lowest BCUT2D eigenvalue weighted by molar-refractivity contribution is -0.113. The van der Waals surface area contributed by atoms with Gasteiger partial charge >= 0.3 is 0 Å². The maximum absolute atomic E-state index is 12.1. The van der Waals surface area contributed by atoms with Gasteiger partial charge in [0.15, 0.2) is 0 Å². The van der Waals surface area contributed by atoms with E-state index >= 15 is 0 Å². The van der Waals surface area contributed by atoms with E-state index in [2.05, 4.69) is 16.4 Å². The number of ether oxygens (including phenoxy) is 1. The van der Waals surface area contributed by atoms with Gasteiger partial charge in [0, 0.05) is 16.8 Å². The number of benzene rings is 1. The number of hydrogen-bond acceptors (Lipinski definition) is 5. The van der Waals surface area contributed by atoms with Crippen molar-refractivity contribution in [2.45, 2.75) is 5.75 Å². The topological polar surface area (TPSA) is 51.2 Å². The third-order valence-corrected chi connectivity index (χ3v) is 5.10. The molecule has 2 aromatic heterocycles. The summed E-state index contributed by atoms with van der Waals surface area (Å²) in [7, 11) is 0. The van der Waals surface area contributed by atoms with Crippen molar-refractivity contribution in [1.29, 1.82) is 0 Å². The molecular formula is C18H16N2O2S2. The van der Waals surface area contributed by atoms with Gasteiger partial charge in [0.2, 0.25) is 11.8 Å². The summed E-state index contributed by atoms with van der Waals surface area (Å²) in [6, 6.07) is 17.0. The Morgan fingerprint density at radius 1 is 1.12 bits per heavy atom. The lowest BCUT2D eigenvalue weighted by atomic mass is 10.3. The molecule has 0 aliphatic heterocycles. The summed E-state index contributed by atoms with van der Waals surface area (Å²) >= 11 is 3.29. The van der Waals surface area contributed by atoms with Crippen molar-refractivity contribution in [3.63, 3.8) is 0 Å². The number of carbonyl (C=O) groups is 1. The molecule has 0 saturated carbocycles. The van der Waals surface area contributed by atoms with Crippen LogP contribution < -0.4 is 10.1 Å². The number of thiophene rings is 1. The molecule has 0 unspecified atom stereocenters. The van der Waals surface area contributed by atoms with E-state index in [-0.39, 0.29) is 5.91 Å². The van der Waals surface area contributed by atoms with Crippen molar-refractivity contribution >= 4 is 34.7 Å². The molecule has 1 N–H and O–H groups in total. The van der Waals surface area contributed by atoms with E-state index in [9.17, 15) is 4.79 Å². The molecular weight excluding hydrogens is 340 g/mol. The molecule has 0 fully saturated rings. The molecule has 0 aliphatic rings. The van der Waals surface area contributed by atoms with Crippen LogP contribution in [0, 0.1) is 0 Å². The van der Waals surface area contributed by atoms with Crippen molar-refractivity contribution in [1.82, 2.24) is 4.98 Å². The van der Waals surface area contributed by atoms with Crippen molar-refractivity contribution in [2.75, 3.05) is 11.1 Å². The second-order valence-corrected chi connectivity index (χ2v) is 6.91. The number of carbonyl (C=O) groups excluding carboxylic acids is 1. The van der Waals surface area contributed by atoms with E-state index in [1.807, 2.05) is 41.8 Å². The lowest BCUT2D eigenvalue weighted by Crippen LogP contribution is -2.15. The Balaban J connectivity index is 1.57. The first-order valence-corrected chi connectivity index (χ1v) is 9.42. The predicted molar refractivity (Wildman–Crippen MR) is 99.9 cm³/mol. The van der Waals surface area contributed by atoms with Crippen LogP contribution in [0.25, 0.3) is 0 Å². The molecule has 4 nitrogen and oxygen atoms in total. The molecule has 2 heterocycles. The van der Waals surface area contributed by atoms with E-state index in [4.69, 9.17) is 4.74 Å². The molecule has 1 aromatic carbocycles. The number of nitrogens with one attached hydrogen (secondary N) is 1. The molecule has 0 saturated heterocycles. The number of rotatable bonds is 7. The summed E-state index contributed by atoms with van der Waals surface area (Å²) in [5.74, 6) is 2.23. The van der Waals surface area contributed by atoms with Gasteiger partial charge in [-0.25, -0.2) is 4.98 Å². The molecule has 0 radical (unpaired) electrons. The Labute approximate surface area is 148 Å². The molecule has 24 heavy (non-hydrogen) atoms. The fourth-order valence-corrected chi connectivity index (χ4v) is 3.66. The van der Waals surface area contributed by atoms with Crippen LogP contribution in [0.4, 0.5) is 5.69 Å². The zero-order valence-electron chi connectivity index (χ0n) is 12.8. The van der Waals surface area contributed by atoms with Crippen LogP contribution >= 0.6 is 23.1 Å². The first-order chi connectivity index (χ1) is 11.8. The number of thioether (sulfide) groups is 1. The van der Waals surface area contributed by atoms with Gasteiger partial charge in [-0.15, -0.1) is 23.1 Å². The van der Waals surface area contributed by atoms with Crippen molar-refractivity contribution in [2.24, 2.45) is 0 Å². The normalized spacial score (nSPS) is 10.3. The van der Waals surface area contributed by atoms with Gasteiger partial charge in [-0.1, -0.05) is 24.3 Å². The Hall–Kier alpha value is -2.31. The highest BCUT2D eigenvalue weighted by Gasteiger charge is 2.10. The number of hydrogen-bond donors (Lipinski definition) is 1. The molecule has 6 heteroatoms. The minimum Gasteiger partial charge on any atom is -0.437 e. The number of para-hydroxylation sites is 1. The highest BCUT2D eigenvalue weighted by Crippen LogP contribution is 2.27. The molecule has 0 spiro atoms. The van der Waals surface area contributed by atoms with Crippen LogP contribution in [0.5, 0.6) is 11.6 Å². The second-order valence-electron chi connectivity index (χ2n) is 4.89. The van der Waals surface area contributed by atoms with Gasteiger partial charge in [-0.05, 0) is 35.7 Å². The number of nitrogens with zero attached hydrogens (tertiary/aromatic N) is 1. The minimum absolute atomic E-state index is 0.0672. The number of amides is 1. The molecule has 3 rings (SSSR count). The van der Waals surface area contributed by atoms with Crippen LogP contribution in [-0.4, -0.2) is 16.6 Å². The zero-order chi connectivity index (χ0) is 16.6. The van der Waals surface area contributed by atoms with Crippen LogP contribution in [0.15, 0.2) is 66.2 Å². The Kier molecular flexibility index (Phi) is 5.87. The Bertz CT molecular complexity index is 777.